The predicted molar refractivity (Wildman–Crippen MR) is 77.5 cm³/mol. The van der Waals surface area contributed by atoms with Gasteiger partial charge in [-0.3, -0.25) is 0 Å². The molecule has 0 atom stereocenters. The van der Waals surface area contributed by atoms with Crippen LogP contribution in [-0.4, -0.2) is 12.4 Å². The zero-order valence-corrected chi connectivity index (χ0v) is 10.9. The standard InChI is InChI=1S/C16H12FN3/c1-12-2-4-13(5-3-12)10-19-20-11-14-6-7-15(9-18)16(17)8-14/h2-8,10-11H,1H3. The second-order valence-corrected chi connectivity index (χ2v) is 4.25. The zero-order chi connectivity index (χ0) is 14.4. The van der Waals surface area contributed by atoms with Crippen LogP contribution < -0.4 is 0 Å². The molecule has 0 bridgehead atoms. The third-order valence-corrected chi connectivity index (χ3v) is 2.67. The molecule has 0 aromatic heterocycles. The molecule has 0 aliphatic carbocycles. The summed E-state index contributed by atoms with van der Waals surface area (Å²) >= 11 is 0. The molecule has 2 aromatic carbocycles. The number of nitriles is 1. The molecular formula is C16H12FN3. The van der Waals surface area contributed by atoms with Gasteiger partial charge < -0.3 is 0 Å². The molecule has 0 N–H and O–H groups in total. The van der Waals surface area contributed by atoms with Crippen LogP contribution in [0.25, 0.3) is 0 Å². The second-order valence-electron chi connectivity index (χ2n) is 4.25. The highest BCUT2D eigenvalue weighted by Crippen LogP contribution is 2.07. The molecule has 3 nitrogen and oxygen atoms in total. The second kappa shape index (κ2) is 6.39. The largest absolute Gasteiger partial charge is 0.206 e. The van der Waals surface area contributed by atoms with Crippen molar-refractivity contribution in [2.75, 3.05) is 0 Å². The lowest BCUT2D eigenvalue weighted by molar-refractivity contribution is 0.623. The lowest BCUT2D eigenvalue weighted by atomic mass is 10.1. The van der Waals surface area contributed by atoms with Crippen molar-refractivity contribution in [1.29, 1.82) is 5.26 Å². The zero-order valence-electron chi connectivity index (χ0n) is 10.9. The Hall–Kier alpha value is -2.80. The van der Waals surface area contributed by atoms with Crippen LogP contribution in [0.2, 0.25) is 0 Å². The Morgan fingerprint density at radius 1 is 1.00 bits per heavy atom. The maximum atomic E-state index is 13.3. The third kappa shape index (κ3) is 3.59. The smallest absolute Gasteiger partial charge is 0.141 e. The highest BCUT2D eigenvalue weighted by Gasteiger charge is 2.00. The summed E-state index contributed by atoms with van der Waals surface area (Å²) in [6.07, 6.45) is 3.06. The Labute approximate surface area is 116 Å². The number of rotatable bonds is 3. The molecule has 0 saturated carbocycles. The van der Waals surface area contributed by atoms with Gasteiger partial charge in [-0.15, -0.1) is 0 Å². The predicted octanol–water partition coefficient (Wildman–Crippen LogP) is 3.46. The van der Waals surface area contributed by atoms with E-state index in [1.165, 1.54) is 23.9 Å². The Morgan fingerprint density at radius 2 is 1.60 bits per heavy atom. The maximum absolute atomic E-state index is 13.3. The highest BCUT2D eigenvalue weighted by atomic mass is 19.1. The minimum atomic E-state index is -0.557. The molecular weight excluding hydrogens is 253 g/mol. The van der Waals surface area contributed by atoms with Crippen molar-refractivity contribution in [2.45, 2.75) is 6.92 Å². The van der Waals surface area contributed by atoms with Gasteiger partial charge in [0.15, 0.2) is 0 Å². The van der Waals surface area contributed by atoms with E-state index in [1.54, 1.807) is 18.4 Å². The highest BCUT2D eigenvalue weighted by molar-refractivity contribution is 5.82. The average molecular weight is 265 g/mol. The Bertz CT molecular complexity index is 695. The van der Waals surface area contributed by atoms with Gasteiger partial charge >= 0.3 is 0 Å². The number of hydrogen-bond donors (Lipinski definition) is 0. The average Bonchev–Trinajstić information content (AvgIpc) is 2.46. The third-order valence-electron chi connectivity index (χ3n) is 2.67. The number of hydrogen-bond acceptors (Lipinski definition) is 3. The molecule has 0 unspecified atom stereocenters. The molecule has 0 amide bonds. The summed E-state index contributed by atoms with van der Waals surface area (Å²) < 4.78 is 13.3. The van der Waals surface area contributed by atoms with Gasteiger partial charge in [-0.05, 0) is 30.2 Å². The lowest BCUT2D eigenvalue weighted by Gasteiger charge is -1.94. The Balaban J connectivity index is 2.05. The van der Waals surface area contributed by atoms with Gasteiger partial charge in [-0.25, -0.2) is 4.39 Å². The summed E-state index contributed by atoms with van der Waals surface area (Å²) in [7, 11) is 0. The van der Waals surface area contributed by atoms with E-state index in [4.69, 9.17) is 5.26 Å². The number of benzene rings is 2. The van der Waals surface area contributed by atoms with E-state index in [9.17, 15) is 4.39 Å². The van der Waals surface area contributed by atoms with Crippen LogP contribution in [0.5, 0.6) is 0 Å². The first kappa shape index (κ1) is 13.6. The van der Waals surface area contributed by atoms with Crippen molar-refractivity contribution >= 4 is 12.4 Å². The lowest BCUT2D eigenvalue weighted by Crippen LogP contribution is -1.87. The van der Waals surface area contributed by atoms with Gasteiger partial charge in [0.25, 0.3) is 0 Å². The van der Waals surface area contributed by atoms with Crippen molar-refractivity contribution < 1.29 is 4.39 Å². The SMILES string of the molecule is Cc1ccc(C=NN=Cc2ccc(C#N)c(F)c2)cc1. The summed E-state index contributed by atoms with van der Waals surface area (Å²) in [4.78, 5) is 0. The molecule has 0 saturated heterocycles. The molecule has 4 heteroatoms. The maximum Gasteiger partial charge on any atom is 0.141 e. The fourth-order valence-corrected chi connectivity index (χ4v) is 1.55. The molecule has 0 radical (unpaired) electrons. The van der Waals surface area contributed by atoms with Crippen LogP contribution >= 0.6 is 0 Å². The normalized spacial score (nSPS) is 11.1. The van der Waals surface area contributed by atoms with Crippen LogP contribution in [0.1, 0.15) is 22.3 Å². The summed E-state index contributed by atoms with van der Waals surface area (Å²) in [5.41, 5.74) is 2.70. The minimum absolute atomic E-state index is 0.0188. The van der Waals surface area contributed by atoms with E-state index in [2.05, 4.69) is 10.2 Å². The van der Waals surface area contributed by atoms with Crippen LogP contribution in [0, 0.1) is 24.1 Å². The van der Waals surface area contributed by atoms with E-state index in [1.807, 2.05) is 31.2 Å². The van der Waals surface area contributed by atoms with Crippen LogP contribution in [-0.2, 0) is 0 Å². The van der Waals surface area contributed by atoms with Crippen LogP contribution in [0.15, 0.2) is 52.7 Å². The van der Waals surface area contributed by atoms with Gasteiger partial charge in [0, 0.05) is 0 Å². The fraction of sp³-hybridized carbons (Fsp3) is 0.0625. The van der Waals surface area contributed by atoms with Crippen molar-refractivity contribution in [2.24, 2.45) is 10.2 Å². The van der Waals surface area contributed by atoms with E-state index in [0.717, 1.165) is 5.56 Å². The first-order valence-corrected chi connectivity index (χ1v) is 6.02. The van der Waals surface area contributed by atoms with Gasteiger partial charge in [0.05, 0.1) is 18.0 Å². The molecule has 0 aliphatic heterocycles. The molecule has 0 aliphatic rings. The first-order valence-electron chi connectivity index (χ1n) is 6.02. The number of aryl methyl sites for hydroxylation is 1. The Kier molecular flexibility index (Phi) is 4.35. The quantitative estimate of drug-likeness (QED) is 0.619. The van der Waals surface area contributed by atoms with Gasteiger partial charge in [-0.1, -0.05) is 35.9 Å². The van der Waals surface area contributed by atoms with Crippen molar-refractivity contribution in [3.63, 3.8) is 0 Å². The number of nitrogens with zero attached hydrogens (tertiary/aromatic N) is 3. The van der Waals surface area contributed by atoms with Crippen LogP contribution in [0.4, 0.5) is 4.39 Å². The number of halogens is 1. The van der Waals surface area contributed by atoms with Gasteiger partial charge in [-0.2, -0.15) is 15.5 Å². The summed E-state index contributed by atoms with van der Waals surface area (Å²) in [5, 5.41) is 16.4. The van der Waals surface area contributed by atoms with Crippen LogP contribution in [0.3, 0.4) is 0 Å². The monoisotopic (exact) mass is 265 g/mol. The van der Waals surface area contributed by atoms with Crippen molar-refractivity contribution in [1.82, 2.24) is 0 Å². The van der Waals surface area contributed by atoms with Gasteiger partial charge in [0.1, 0.15) is 11.9 Å². The fourth-order valence-electron chi connectivity index (χ4n) is 1.55. The van der Waals surface area contributed by atoms with E-state index in [0.29, 0.717) is 5.56 Å². The molecule has 98 valence electrons. The summed E-state index contributed by atoms with van der Waals surface area (Å²) in [6, 6.07) is 13.9. The van der Waals surface area contributed by atoms with E-state index < -0.39 is 5.82 Å². The topological polar surface area (TPSA) is 48.5 Å². The van der Waals surface area contributed by atoms with Crippen molar-refractivity contribution in [3.8, 4) is 6.07 Å². The van der Waals surface area contributed by atoms with Crippen molar-refractivity contribution in [3.05, 3.63) is 70.5 Å². The minimum Gasteiger partial charge on any atom is -0.206 e. The molecule has 2 rings (SSSR count). The van der Waals surface area contributed by atoms with E-state index >= 15 is 0 Å². The molecule has 0 heterocycles. The van der Waals surface area contributed by atoms with E-state index in [-0.39, 0.29) is 5.56 Å². The summed E-state index contributed by atoms with van der Waals surface area (Å²) in [6.45, 7) is 2.01. The molecule has 0 fully saturated rings. The molecule has 0 spiro atoms. The molecule has 20 heavy (non-hydrogen) atoms. The van der Waals surface area contributed by atoms with Gasteiger partial charge in [0.2, 0.25) is 0 Å². The summed E-state index contributed by atoms with van der Waals surface area (Å²) in [5.74, 6) is -0.557. The molecule has 2 aromatic rings. The Morgan fingerprint density at radius 3 is 2.20 bits per heavy atom. The first-order chi connectivity index (χ1) is 9.69.